The van der Waals surface area contributed by atoms with E-state index in [2.05, 4.69) is 23.2 Å². The van der Waals surface area contributed by atoms with Crippen LogP contribution in [0.25, 0.3) is 11.0 Å². The SMILES string of the molecule is CC(=O)NC1(c2ccccc2F)CCN(Cc2oc3ccccc3c2C)CC1. The van der Waals surface area contributed by atoms with E-state index in [4.69, 9.17) is 4.42 Å². The molecule has 0 radical (unpaired) electrons. The average molecular weight is 380 g/mol. The number of nitrogens with zero attached hydrogens (tertiary/aromatic N) is 1. The Balaban J connectivity index is 1.54. The average Bonchev–Trinajstić information content (AvgIpc) is 2.99. The van der Waals surface area contributed by atoms with E-state index in [1.165, 1.54) is 18.6 Å². The van der Waals surface area contributed by atoms with Gasteiger partial charge in [0.05, 0.1) is 12.1 Å². The summed E-state index contributed by atoms with van der Waals surface area (Å²) in [6, 6.07) is 14.8. The van der Waals surface area contributed by atoms with Crippen molar-refractivity contribution in [2.45, 2.75) is 38.8 Å². The molecule has 4 rings (SSSR count). The van der Waals surface area contributed by atoms with Gasteiger partial charge in [0, 0.05) is 31.0 Å². The molecule has 3 aromatic rings. The highest BCUT2D eigenvalue weighted by molar-refractivity contribution is 5.81. The molecule has 4 nitrogen and oxygen atoms in total. The highest BCUT2D eigenvalue weighted by Gasteiger charge is 2.39. The Labute approximate surface area is 164 Å². The molecule has 1 amide bonds. The van der Waals surface area contributed by atoms with Crippen LogP contribution < -0.4 is 5.32 Å². The minimum Gasteiger partial charge on any atom is -0.459 e. The molecule has 1 fully saturated rings. The van der Waals surface area contributed by atoms with Crippen LogP contribution in [0.2, 0.25) is 0 Å². The molecule has 0 spiro atoms. The molecule has 2 aromatic carbocycles. The van der Waals surface area contributed by atoms with Crippen LogP contribution in [0.5, 0.6) is 0 Å². The van der Waals surface area contributed by atoms with E-state index in [0.717, 1.165) is 29.8 Å². The Hall–Kier alpha value is -2.66. The van der Waals surface area contributed by atoms with Crippen molar-refractivity contribution in [3.8, 4) is 0 Å². The van der Waals surface area contributed by atoms with Gasteiger partial charge in [-0.25, -0.2) is 4.39 Å². The van der Waals surface area contributed by atoms with Crippen LogP contribution >= 0.6 is 0 Å². The van der Waals surface area contributed by atoms with Crippen molar-refractivity contribution >= 4 is 16.9 Å². The number of benzene rings is 2. The summed E-state index contributed by atoms with van der Waals surface area (Å²) in [5.74, 6) is 0.571. The topological polar surface area (TPSA) is 45.5 Å². The fourth-order valence-corrected chi connectivity index (χ4v) is 4.32. The third kappa shape index (κ3) is 3.42. The monoisotopic (exact) mass is 380 g/mol. The molecule has 1 N–H and O–H groups in total. The number of carbonyl (C=O) groups is 1. The normalized spacial score (nSPS) is 17.0. The second-order valence-electron chi connectivity index (χ2n) is 7.67. The molecule has 146 valence electrons. The van der Waals surface area contributed by atoms with Crippen LogP contribution in [-0.2, 0) is 16.9 Å². The van der Waals surface area contributed by atoms with Crippen LogP contribution in [0, 0.1) is 12.7 Å². The lowest BCUT2D eigenvalue weighted by Gasteiger charge is -2.42. The minimum atomic E-state index is -0.656. The predicted molar refractivity (Wildman–Crippen MR) is 107 cm³/mol. The van der Waals surface area contributed by atoms with Gasteiger partial charge in [-0.15, -0.1) is 0 Å². The number of aryl methyl sites for hydroxylation is 1. The number of fused-ring (bicyclic) bond motifs is 1. The molecule has 0 bridgehead atoms. The standard InChI is InChI=1S/C23H25FN2O2/c1-16-18-7-3-6-10-21(18)28-22(16)15-26-13-11-23(12-14-26,25-17(2)27)19-8-4-5-9-20(19)24/h3-10H,11-15H2,1-2H3,(H,25,27). The van der Waals surface area contributed by atoms with E-state index < -0.39 is 5.54 Å². The fourth-order valence-electron chi connectivity index (χ4n) is 4.32. The fraction of sp³-hybridized carbons (Fsp3) is 0.348. The summed E-state index contributed by atoms with van der Waals surface area (Å²) in [4.78, 5) is 14.2. The van der Waals surface area contributed by atoms with E-state index in [1.54, 1.807) is 12.1 Å². The van der Waals surface area contributed by atoms with Crippen LogP contribution in [0.1, 0.15) is 36.7 Å². The van der Waals surface area contributed by atoms with Crippen molar-refractivity contribution in [1.29, 1.82) is 0 Å². The second kappa shape index (κ2) is 7.40. The van der Waals surface area contributed by atoms with Crippen LogP contribution in [0.15, 0.2) is 52.9 Å². The Morgan fingerprint density at radius 1 is 1.14 bits per heavy atom. The molecule has 0 unspecified atom stereocenters. The Morgan fingerprint density at radius 3 is 2.50 bits per heavy atom. The summed E-state index contributed by atoms with van der Waals surface area (Å²) >= 11 is 0. The maximum atomic E-state index is 14.5. The minimum absolute atomic E-state index is 0.134. The molecular weight excluding hydrogens is 355 g/mol. The van der Waals surface area contributed by atoms with Crippen molar-refractivity contribution < 1.29 is 13.6 Å². The number of carbonyl (C=O) groups excluding carboxylic acids is 1. The molecule has 0 atom stereocenters. The maximum absolute atomic E-state index is 14.5. The Kier molecular flexibility index (Phi) is 4.94. The third-order valence-electron chi connectivity index (χ3n) is 5.82. The first-order valence-electron chi connectivity index (χ1n) is 9.72. The first-order valence-corrected chi connectivity index (χ1v) is 9.72. The summed E-state index contributed by atoms with van der Waals surface area (Å²) in [6.07, 6.45) is 1.32. The van der Waals surface area contributed by atoms with Crippen molar-refractivity contribution in [2.75, 3.05) is 13.1 Å². The lowest BCUT2D eigenvalue weighted by atomic mass is 9.80. The Bertz CT molecular complexity index is 1000. The summed E-state index contributed by atoms with van der Waals surface area (Å²) in [7, 11) is 0. The molecule has 0 saturated carbocycles. The quantitative estimate of drug-likeness (QED) is 0.724. The van der Waals surface area contributed by atoms with E-state index in [-0.39, 0.29) is 11.7 Å². The van der Waals surface area contributed by atoms with Gasteiger partial charge in [0.1, 0.15) is 17.2 Å². The predicted octanol–water partition coefficient (Wildman–Crippen LogP) is 4.51. The number of hydrogen-bond donors (Lipinski definition) is 1. The van der Waals surface area contributed by atoms with Gasteiger partial charge in [0.25, 0.3) is 0 Å². The van der Waals surface area contributed by atoms with E-state index in [0.29, 0.717) is 24.9 Å². The molecule has 2 heterocycles. The molecule has 1 aliphatic rings. The highest BCUT2D eigenvalue weighted by atomic mass is 19.1. The van der Waals surface area contributed by atoms with Crippen LogP contribution in [-0.4, -0.2) is 23.9 Å². The zero-order valence-corrected chi connectivity index (χ0v) is 16.3. The molecule has 1 aliphatic heterocycles. The summed E-state index contributed by atoms with van der Waals surface area (Å²) < 4.78 is 20.6. The lowest BCUT2D eigenvalue weighted by molar-refractivity contribution is -0.121. The summed E-state index contributed by atoms with van der Waals surface area (Å²) in [5.41, 5.74) is 2.00. The van der Waals surface area contributed by atoms with E-state index in [1.807, 2.05) is 24.3 Å². The van der Waals surface area contributed by atoms with Gasteiger partial charge < -0.3 is 9.73 Å². The molecule has 28 heavy (non-hydrogen) atoms. The molecule has 1 aromatic heterocycles. The van der Waals surface area contributed by atoms with E-state index in [9.17, 15) is 9.18 Å². The lowest BCUT2D eigenvalue weighted by Crippen LogP contribution is -2.52. The largest absolute Gasteiger partial charge is 0.459 e. The molecular formula is C23H25FN2O2. The highest BCUT2D eigenvalue weighted by Crippen LogP contribution is 2.35. The number of likely N-dealkylation sites (tertiary alicyclic amines) is 1. The zero-order chi connectivity index (χ0) is 19.7. The number of rotatable bonds is 4. The first kappa shape index (κ1) is 18.7. The zero-order valence-electron chi connectivity index (χ0n) is 16.3. The smallest absolute Gasteiger partial charge is 0.217 e. The van der Waals surface area contributed by atoms with Crippen molar-refractivity contribution in [3.05, 3.63) is 71.2 Å². The van der Waals surface area contributed by atoms with Gasteiger partial charge >= 0.3 is 0 Å². The Morgan fingerprint density at radius 2 is 1.82 bits per heavy atom. The van der Waals surface area contributed by atoms with Gasteiger partial charge in [-0.05, 0) is 37.5 Å². The molecule has 5 heteroatoms. The van der Waals surface area contributed by atoms with Gasteiger partial charge in [-0.2, -0.15) is 0 Å². The van der Waals surface area contributed by atoms with Crippen LogP contribution in [0.3, 0.4) is 0 Å². The van der Waals surface area contributed by atoms with Crippen LogP contribution in [0.4, 0.5) is 4.39 Å². The molecule has 1 saturated heterocycles. The number of piperidine rings is 1. The number of nitrogens with one attached hydrogen (secondary N) is 1. The van der Waals surface area contributed by atoms with Gasteiger partial charge in [-0.1, -0.05) is 36.4 Å². The number of furan rings is 1. The van der Waals surface area contributed by atoms with E-state index >= 15 is 0 Å². The number of halogens is 1. The van der Waals surface area contributed by atoms with Crippen molar-refractivity contribution in [1.82, 2.24) is 10.2 Å². The van der Waals surface area contributed by atoms with Gasteiger partial charge in [0.2, 0.25) is 5.91 Å². The maximum Gasteiger partial charge on any atom is 0.217 e. The number of amides is 1. The van der Waals surface area contributed by atoms with Crippen molar-refractivity contribution in [3.63, 3.8) is 0 Å². The first-order chi connectivity index (χ1) is 13.5. The van der Waals surface area contributed by atoms with Gasteiger partial charge in [-0.3, -0.25) is 9.69 Å². The number of para-hydroxylation sites is 1. The summed E-state index contributed by atoms with van der Waals surface area (Å²) in [6.45, 7) is 5.81. The van der Waals surface area contributed by atoms with Gasteiger partial charge in [0.15, 0.2) is 0 Å². The molecule has 0 aliphatic carbocycles. The third-order valence-corrected chi connectivity index (χ3v) is 5.82. The van der Waals surface area contributed by atoms with Crippen molar-refractivity contribution in [2.24, 2.45) is 0 Å². The second-order valence-corrected chi connectivity index (χ2v) is 7.67. The summed E-state index contributed by atoms with van der Waals surface area (Å²) in [5, 5.41) is 4.19. The number of hydrogen-bond acceptors (Lipinski definition) is 3.